The van der Waals surface area contributed by atoms with Crippen molar-refractivity contribution in [3.8, 4) is 0 Å². The highest BCUT2D eigenvalue weighted by atomic mass is 19.2. The van der Waals surface area contributed by atoms with Crippen molar-refractivity contribution in [1.29, 1.82) is 0 Å². The zero-order valence-corrected chi connectivity index (χ0v) is 11.2. The molecule has 20 heavy (non-hydrogen) atoms. The van der Waals surface area contributed by atoms with Crippen LogP contribution >= 0.6 is 0 Å². The first-order valence-electron chi connectivity index (χ1n) is 6.00. The van der Waals surface area contributed by atoms with Gasteiger partial charge in [-0.15, -0.1) is 0 Å². The number of benzene rings is 1. The smallest absolute Gasteiger partial charge is 0.200 e. The molecule has 1 aromatic rings. The van der Waals surface area contributed by atoms with Crippen molar-refractivity contribution >= 4 is 5.71 Å². The van der Waals surface area contributed by atoms with Crippen LogP contribution in [0.15, 0.2) is 5.16 Å². The van der Waals surface area contributed by atoms with Crippen molar-refractivity contribution in [2.45, 2.75) is 33.8 Å². The lowest BCUT2D eigenvalue weighted by atomic mass is 10.1. The van der Waals surface area contributed by atoms with Crippen LogP contribution in [0.25, 0.3) is 0 Å². The van der Waals surface area contributed by atoms with Gasteiger partial charge in [0.2, 0.25) is 5.82 Å². The lowest BCUT2D eigenvalue weighted by molar-refractivity contribution is 0.121. The van der Waals surface area contributed by atoms with Gasteiger partial charge in [0.25, 0.3) is 0 Å². The minimum atomic E-state index is -2.19. The summed E-state index contributed by atoms with van der Waals surface area (Å²) in [6, 6.07) is 0. The Balaban J connectivity index is 3.00. The summed E-state index contributed by atoms with van der Waals surface area (Å²) in [4.78, 5) is 4.70. The Bertz CT molecular complexity index is 499. The molecule has 0 spiro atoms. The summed E-state index contributed by atoms with van der Waals surface area (Å²) in [6.45, 7) is 4.65. The van der Waals surface area contributed by atoms with Gasteiger partial charge in [-0.25, -0.2) is 22.0 Å². The summed E-state index contributed by atoms with van der Waals surface area (Å²) >= 11 is 0. The molecule has 0 unspecified atom stereocenters. The highest BCUT2D eigenvalue weighted by Crippen LogP contribution is 2.23. The molecular formula is C13H14F5NO. The van der Waals surface area contributed by atoms with E-state index >= 15 is 0 Å². The van der Waals surface area contributed by atoms with Gasteiger partial charge >= 0.3 is 0 Å². The zero-order chi connectivity index (χ0) is 15.4. The fourth-order valence-electron chi connectivity index (χ4n) is 1.54. The SMILES string of the molecule is CC/C(=N/OCc1c(F)c(F)c(F)c(F)c1F)C(C)C. The van der Waals surface area contributed by atoms with Crippen LogP contribution in [-0.2, 0) is 11.4 Å². The average Bonchev–Trinajstić information content (AvgIpc) is 2.42. The van der Waals surface area contributed by atoms with E-state index in [-0.39, 0.29) is 5.92 Å². The largest absolute Gasteiger partial charge is 0.391 e. The predicted octanol–water partition coefficient (Wildman–Crippen LogP) is 4.32. The molecule has 1 rings (SSSR count). The van der Waals surface area contributed by atoms with Gasteiger partial charge in [-0.05, 0) is 12.3 Å². The Morgan fingerprint density at radius 1 is 0.950 bits per heavy atom. The average molecular weight is 295 g/mol. The summed E-state index contributed by atoms with van der Waals surface area (Å²) in [6.07, 6.45) is 0.550. The van der Waals surface area contributed by atoms with Gasteiger partial charge in [0.05, 0.1) is 11.3 Å². The quantitative estimate of drug-likeness (QED) is 0.261. The first kappa shape index (κ1) is 16.4. The number of rotatable bonds is 5. The van der Waals surface area contributed by atoms with Crippen LogP contribution in [0, 0.1) is 35.0 Å². The van der Waals surface area contributed by atoms with E-state index in [0.717, 1.165) is 0 Å². The van der Waals surface area contributed by atoms with Crippen molar-refractivity contribution in [2.24, 2.45) is 11.1 Å². The third kappa shape index (κ3) is 3.26. The van der Waals surface area contributed by atoms with Crippen molar-refractivity contribution in [1.82, 2.24) is 0 Å². The Kier molecular flexibility index (Phi) is 5.47. The molecule has 0 saturated carbocycles. The lowest BCUT2D eigenvalue weighted by Gasteiger charge is -2.09. The highest BCUT2D eigenvalue weighted by molar-refractivity contribution is 5.85. The minimum Gasteiger partial charge on any atom is -0.391 e. The van der Waals surface area contributed by atoms with Crippen LogP contribution in [0.2, 0.25) is 0 Å². The zero-order valence-electron chi connectivity index (χ0n) is 11.2. The Labute approximate surface area is 113 Å². The molecule has 0 aliphatic heterocycles. The summed E-state index contributed by atoms with van der Waals surface area (Å²) in [5.74, 6) is -9.93. The van der Waals surface area contributed by atoms with E-state index in [0.29, 0.717) is 12.1 Å². The summed E-state index contributed by atoms with van der Waals surface area (Å²) in [5.41, 5.74) is -0.418. The van der Waals surface area contributed by atoms with Crippen molar-refractivity contribution in [3.05, 3.63) is 34.6 Å². The summed E-state index contributed by atoms with van der Waals surface area (Å²) in [7, 11) is 0. The molecule has 0 bridgehead atoms. The molecule has 0 radical (unpaired) electrons. The van der Waals surface area contributed by atoms with Gasteiger partial charge in [0.1, 0.15) is 6.61 Å². The molecule has 0 aliphatic carbocycles. The summed E-state index contributed by atoms with van der Waals surface area (Å²) < 4.78 is 65.3. The van der Waals surface area contributed by atoms with E-state index < -0.39 is 41.3 Å². The van der Waals surface area contributed by atoms with Gasteiger partial charge in [-0.2, -0.15) is 0 Å². The van der Waals surface area contributed by atoms with E-state index in [1.165, 1.54) is 0 Å². The monoisotopic (exact) mass is 295 g/mol. The van der Waals surface area contributed by atoms with Gasteiger partial charge in [0, 0.05) is 0 Å². The van der Waals surface area contributed by atoms with Crippen LogP contribution in [0.5, 0.6) is 0 Å². The third-order valence-corrected chi connectivity index (χ3v) is 2.72. The van der Waals surface area contributed by atoms with Crippen LogP contribution in [-0.4, -0.2) is 5.71 Å². The molecule has 0 amide bonds. The third-order valence-electron chi connectivity index (χ3n) is 2.72. The van der Waals surface area contributed by atoms with Crippen molar-refractivity contribution < 1.29 is 26.8 Å². The molecule has 0 N–H and O–H groups in total. The van der Waals surface area contributed by atoms with E-state index in [2.05, 4.69) is 5.16 Å². The lowest BCUT2D eigenvalue weighted by Crippen LogP contribution is -2.10. The molecular weight excluding hydrogens is 281 g/mol. The van der Waals surface area contributed by atoms with Crippen LogP contribution in [0.4, 0.5) is 22.0 Å². The van der Waals surface area contributed by atoms with Crippen LogP contribution < -0.4 is 0 Å². The van der Waals surface area contributed by atoms with Crippen LogP contribution in [0.1, 0.15) is 32.8 Å². The summed E-state index contributed by atoms with van der Waals surface area (Å²) in [5, 5.41) is 3.65. The van der Waals surface area contributed by atoms with Crippen molar-refractivity contribution in [2.75, 3.05) is 0 Å². The standard InChI is InChI=1S/C13H14F5NO/c1-4-8(6(2)3)19-20-5-7-9(14)11(16)13(18)12(17)10(7)15/h6H,4-5H2,1-3H3/b19-8-. The minimum absolute atomic E-state index is 0.0522. The second kappa shape index (κ2) is 6.67. The highest BCUT2D eigenvalue weighted by Gasteiger charge is 2.25. The maximum absolute atomic E-state index is 13.3. The molecule has 0 aliphatic rings. The van der Waals surface area contributed by atoms with Gasteiger partial charge in [-0.1, -0.05) is 25.9 Å². The second-order valence-electron chi connectivity index (χ2n) is 4.41. The molecule has 0 aromatic heterocycles. The topological polar surface area (TPSA) is 21.6 Å². The number of nitrogens with zero attached hydrogens (tertiary/aromatic N) is 1. The van der Waals surface area contributed by atoms with E-state index in [9.17, 15) is 22.0 Å². The van der Waals surface area contributed by atoms with E-state index in [1.807, 2.05) is 13.8 Å². The molecule has 1 aromatic carbocycles. The molecule has 0 fully saturated rings. The molecule has 7 heteroatoms. The normalized spacial score (nSPS) is 12.2. The fraction of sp³-hybridized carbons (Fsp3) is 0.462. The maximum Gasteiger partial charge on any atom is 0.200 e. The van der Waals surface area contributed by atoms with Gasteiger partial charge in [0.15, 0.2) is 23.3 Å². The first-order valence-corrected chi connectivity index (χ1v) is 6.00. The molecule has 112 valence electrons. The molecule has 0 saturated heterocycles. The van der Waals surface area contributed by atoms with E-state index in [4.69, 9.17) is 4.84 Å². The fourth-order valence-corrected chi connectivity index (χ4v) is 1.54. The predicted molar refractivity (Wildman–Crippen MR) is 63.6 cm³/mol. The number of oxime groups is 1. The Hall–Kier alpha value is -1.66. The van der Waals surface area contributed by atoms with Gasteiger partial charge in [-0.3, -0.25) is 0 Å². The number of hydrogen-bond donors (Lipinski definition) is 0. The Morgan fingerprint density at radius 3 is 1.80 bits per heavy atom. The maximum atomic E-state index is 13.3. The first-order chi connectivity index (χ1) is 9.31. The molecule has 2 nitrogen and oxygen atoms in total. The van der Waals surface area contributed by atoms with Gasteiger partial charge < -0.3 is 4.84 Å². The Morgan fingerprint density at radius 2 is 1.40 bits per heavy atom. The number of halogens is 5. The van der Waals surface area contributed by atoms with E-state index in [1.54, 1.807) is 6.92 Å². The second-order valence-corrected chi connectivity index (χ2v) is 4.41. The van der Waals surface area contributed by atoms with Crippen LogP contribution in [0.3, 0.4) is 0 Å². The molecule has 0 heterocycles. The van der Waals surface area contributed by atoms with Crippen molar-refractivity contribution in [3.63, 3.8) is 0 Å². The number of hydrogen-bond acceptors (Lipinski definition) is 2. The molecule has 0 atom stereocenters.